The average molecular weight is 455 g/mol. The highest BCUT2D eigenvalue weighted by Crippen LogP contribution is 2.27. The van der Waals surface area contributed by atoms with Gasteiger partial charge in [0.2, 0.25) is 18.0 Å². The molecule has 0 spiro atoms. The molecule has 0 aromatic heterocycles. The van der Waals surface area contributed by atoms with Crippen molar-refractivity contribution in [3.05, 3.63) is 101 Å². The molecule has 3 aromatic rings. The Kier molecular flexibility index (Phi) is 6.54. The minimum atomic E-state index is -1.08. The second-order valence-electron chi connectivity index (χ2n) is 8.32. The molecule has 3 aromatic carbocycles. The van der Waals surface area contributed by atoms with Gasteiger partial charge in [-0.05, 0) is 29.7 Å². The summed E-state index contributed by atoms with van der Waals surface area (Å²) in [7, 11) is 1.67. The molecule has 0 aliphatic carbocycles. The van der Waals surface area contributed by atoms with Crippen molar-refractivity contribution in [2.24, 2.45) is 10.7 Å². The van der Waals surface area contributed by atoms with E-state index in [0.29, 0.717) is 22.5 Å². The van der Waals surface area contributed by atoms with Crippen molar-refractivity contribution in [1.82, 2.24) is 5.32 Å². The van der Waals surface area contributed by atoms with Crippen LogP contribution in [-0.2, 0) is 9.59 Å². The Morgan fingerprint density at radius 1 is 1.00 bits per heavy atom. The molecule has 34 heavy (non-hydrogen) atoms. The number of anilines is 1. The minimum Gasteiger partial charge on any atom is -0.366 e. The highest BCUT2D eigenvalue weighted by atomic mass is 16.2. The van der Waals surface area contributed by atoms with Gasteiger partial charge in [0.1, 0.15) is 0 Å². The lowest BCUT2D eigenvalue weighted by molar-refractivity contribution is -0.127. The van der Waals surface area contributed by atoms with Crippen LogP contribution in [0.2, 0.25) is 0 Å². The summed E-state index contributed by atoms with van der Waals surface area (Å²) in [5.41, 5.74) is 9.48. The van der Waals surface area contributed by atoms with Crippen LogP contribution < -0.4 is 16.0 Å². The fraction of sp³-hybridized carbons (Fsp3) is 0.185. The van der Waals surface area contributed by atoms with E-state index in [1.165, 1.54) is 4.90 Å². The number of benzene rings is 3. The van der Waals surface area contributed by atoms with Gasteiger partial charge in [0.15, 0.2) is 0 Å². The van der Waals surface area contributed by atoms with Crippen LogP contribution in [0, 0.1) is 0 Å². The topological polar surface area (TPSA) is 105 Å². The summed E-state index contributed by atoms with van der Waals surface area (Å²) in [4.78, 5) is 43.8. The van der Waals surface area contributed by atoms with E-state index in [2.05, 4.69) is 5.32 Å². The van der Waals surface area contributed by atoms with Gasteiger partial charge in [-0.1, -0.05) is 67.6 Å². The van der Waals surface area contributed by atoms with E-state index in [-0.39, 0.29) is 24.2 Å². The highest BCUT2D eigenvalue weighted by molar-refractivity contribution is 6.20. The summed E-state index contributed by atoms with van der Waals surface area (Å²) in [6, 6.07) is 23.9. The average Bonchev–Trinajstić information content (AvgIpc) is 2.95. The fourth-order valence-electron chi connectivity index (χ4n) is 4.03. The van der Waals surface area contributed by atoms with E-state index in [1.807, 2.05) is 61.5 Å². The second-order valence-corrected chi connectivity index (χ2v) is 8.32. The normalized spacial score (nSPS) is 16.2. The molecular formula is C27H26N4O3. The maximum absolute atomic E-state index is 13.3. The maximum atomic E-state index is 13.3. The number of rotatable bonds is 6. The van der Waals surface area contributed by atoms with Crippen molar-refractivity contribution < 1.29 is 14.4 Å². The minimum absolute atomic E-state index is 0.0122. The molecule has 3 amide bonds. The van der Waals surface area contributed by atoms with E-state index in [9.17, 15) is 14.4 Å². The summed E-state index contributed by atoms with van der Waals surface area (Å²) in [5.74, 6) is -1.14. The van der Waals surface area contributed by atoms with Gasteiger partial charge in [0.05, 0.1) is 11.4 Å². The van der Waals surface area contributed by atoms with E-state index < -0.39 is 12.1 Å². The monoisotopic (exact) mass is 454 g/mol. The van der Waals surface area contributed by atoms with Gasteiger partial charge >= 0.3 is 0 Å². The quantitative estimate of drug-likeness (QED) is 0.597. The number of benzodiazepines with no additional fused rings is 1. The van der Waals surface area contributed by atoms with Crippen molar-refractivity contribution in [1.29, 1.82) is 0 Å². The molecule has 7 nitrogen and oxygen atoms in total. The summed E-state index contributed by atoms with van der Waals surface area (Å²) >= 11 is 0. The Bertz CT molecular complexity index is 1250. The number of fused-ring (bicyclic) bond motifs is 1. The lowest BCUT2D eigenvalue weighted by Crippen LogP contribution is -2.46. The first-order valence-electron chi connectivity index (χ1n) is 11.0. The van der Waals surface area contributed by atoms with Crippen LogP contribution in [0.1, 0.15) is 46.3 Å². The number of aliphatic imine (C=N–C) groups is 1. The van der Waals surface area contributed by atoms with Crippen LogP contribution in [0.25, 0.3) is 0 Å². The standard InChI is InChI=1S/C27H26N4O3/c1-17(18-8-4-3-5-9-18)16-23(32)29-26-27(34)31(2)22-11-7-6-10-21(22)24(30-26)19-12-14-20(15-13-19)25(28)33/h3-15,17,26H,16H2,1-2H3,(H2,28,33)(H,29,32). The Balaban J connectivity index is 1.66. The van der Waals surface area contributed by atoms with Crippen LogP contribution in [0.15, 0.2) is 83.9 Å². The summed E-state index contributed by atoms with van der Waals surface area (Å²) in [6.07, 6.45) is -0.860. The number of carbonyl (C=O) groups is 3. The van der Waals surface area contributed by atoms with E-state index in [0.717, 1.165) is 11.1 Å². The Labute approximate surface area is 198 Å². The van der Waals surface area contributed by atoms with E-state index in [1.54, 1.807) is 31.3 Å². The third kappa shape index (κ3) is 4.73. The van der Waals surface area contributed by atoms with Crippen LogP contribution >= 0.6 is 0 Å². The predicted octanol–water partition coefficient (Wildman–Crippen LogP) is 3.24. The third-order valence-corrected chi connectivity index (χ3v) is 5.94. The van der Waals surface area contributed by atoms with Crippen molar-refractivity contribution in [2.75, 3.05) is 11.9 Å². The van der Waals surface area contributed by atoms with Gasteiger partial charge in [0.25, 0.3) is 5.91 Å². The third-order valence-electron chi connectivity index (χ3n) is 5.94. The molecular weight excluding hydrogens is 428 g/mol. The number of nitrogens with zero attached hydrogens (tertiary/aromatic N) is 2. The number of para-hydroxylation sites is 1. The molecule has 2 atom stereocenters. The molecule has 1 aliphatic rings. The summed E-state index contributed by atoms with van der Waals surface area (Å²) in [5, 5.41) is 2.81. The smallest absolute Gasteiger partial charge is 0.272 e. The molecule has 4 rings (SSSR count). The van der Waals surface area contributed by atoms with E-state index in [4.69, 9.17) is 10.7 Å². The largest absolute Gasteiger partial charge is 0.366 e. The summed E-state index contributed by atoms with van der Waals surface area (Å²) < 4.78 is 0. The first kappa shape index (κ1) is 22.9. The zero-order valence-electron chi connectivity index (χ0n) is 19.1. The van der Waals surface area contributed by atoms with Crippen LogP contribution in [0.4, 0.5) is 5.69 Å². The highest BCUT2D eigenvalue weighted by Gasteiger charge is 2.31. The Morgan fingerprint density at radius 3 is 2.32 bits per heavy atom. The van der Waals surface area contributed by atoms with Gasteiger partial charge < -0.3 is 16.0 Å². The van der Waals surface area contributed by atoms with Gasteiger partial charge in [-0.25, -0.2) is 4.99 Å². The molecule has 2 unspecified atom stereocenters. The number of likely N-dealkylation sites (N-methyl/N-ethyl adjacent to an activating group) is 1. The number of hydrogen-bond donors (Lipinski definition) is 2. The molecule has 1 aliphatic heterocycles. The first-order chi connectivity index (χ1) is 16.3. The van der Waals surface area contributed by atoms with Crippen molar-refractivity contribution in [3.8, 4) is 0 Å². The fourth-order valence-corrected chi connectivity index (χ4v) is 4.03. The predicted molar refractivity (Wildman–Crippen MR) is 132 cm³/mol. The molecule has 1 heterocycles. The zero-order valence-corrected chi connectivity index (χ0v) is 19.1. The molecule has 0 bridgehead atoms. The number of amides is 3. The molecule has 3 N–H and O–H groups in total. The second kappa shape index (κ2) is 9.70. The number of nitrogens with two attached hydrogens (primary N) is 1. The van der Waals surface area contributed by atoms with Gasteiger partial charge in [-0.2, -0.15) is 0 Å². The van der Waals surface area contributed by atoms with Crippen molar-refractivity contribution >= 4 is 29.1 Å². The lowest BCUT2D eigenvalue weighted by Gasteiger charge is -2.21. The zero-order chi connectivity index (χ0) is 24.2. The molecule has 7 heteroatoms. The Hall–Kier alpha value is -4.26. The molecule has 0 saturated heterocycles. The lowest BCUT2D eigenvalue weighted by atomic mass is 9.97. The van der Waals surface area contributed by atoms with Gasteiger partial charge in [-0.15, -0.1) is 0 Å². The first-order valence-corrected chi connectivity index (χ1v) is 11.0. The van der Waals surface area contributed by atoms with Crippen molar-refractivity contribution in [3.63, 3.8) is 0 Å². The Morgan fingerprint density at radius 2 is 1.65 bits per heavy atom. The molecule has 0 saturated carbocycles. The molecule has 172 valence electrons. The SMILES string of the molecule is CC(CC(=O)NC1N=C(c2ccc(C(N)=O)cc2)c2ccccc2N(C)C1=O)c1ccccc1. The molecule has 0 fully saturated rings. The maximum Gasteiger partial charge on any atom is 0.272 e. The molecule has 0 radical (unpaired) electrons. The number of primary amides is 1. The number of carbonyl (C=O) groups excluding carboxylic acids is 3. The van der Waals surface area contributed by atoms with E-state index >= 15 is 0 Å². The number of nitrogens with one attached hydrogen (secondary N) is 1. The van der Waals surface area contributed by atoms with Crippen LogP contribution in [-0.4, -0.2) is 36.6 Å². The van der Waals surface area contributed by atoms with Crippen LogP contribution in [0.3, 0.4) is 0 Å². The van der Waals surface area contributed by atoms with Gasteiger partial charge in [-0.3, -0.25) is 14.4 Å². The number of hydrogen-bond acceptors (Lipinski definition) is 4. The summed E-state index contributed by atoms with van der Waals surface area (Å²) in [6.45, 7) is 1.97. The van der Waals surface area contributed by atoms with Gasteiger partial charge in [0, 0.05) is 30.2 Å². The van der Waals surface area contributed by atoms with Crippen molar-refractivity contribution in [2.45, 2.75) is 25.4 Å². The van der Waals surface area contributed by atoms with Crippen LogP contribution in [0.5, 0.6) is 0 Å².